The van der Waals surface area contributed by atoms with Crippen molar-refractivity contribution in [1.82, 2.24) is 14.4 Å². The van der Waals surface area contributed by atoms with Crippen molar-refractivity contribution in [2.75, 3.05) is 13.6 Å². The zero-order valence-electron chi connectivity index (χ0n) is 19.9. The number of pyridine rings is 1. The van der Waals surface area contributed by atoms with E-state index >= 15 is 0 Å². The summed E-state index contributed by atoms with van der Waals surface area (Å²) >= 11 is 0. The van der Waals surface area contributed by atoms with Crippen molar-refractivity contribution in [1.29, 1.82) is 0 Å². The molecule has 0 bridgehead atoms. The Balaban J connectivity index is 0.000000225. The van der Waals surface area contributed by atoms with E-state index in [2.05, 4.69) is 13.8 Å². The number of likely N-dealkylation sites (tertiary alicyclic amines) is 1. The van der Waals surface area contributed by atoms with Gasteiger partial charge in [0, 0.05) is 56.3 Å². The number of carbonyl (C=O) groups excluding carboxylic acids is 2. The number of rotatable bonds is 4. The van der Waals surface area contributed by atoms with Crippen LogP contribution in [0.2, 0.25) is 0 Å². The molecule has 170 valence electrons. The molecule has 30 heavy (non-hydrogen) atoms. The van der Waals surface area contributed by atoms with E-state index in [9.17, 15) is 14.4 Å². The van der Waals surface area contributed by atoms with Crippen LogP contribution in [0.3, 0.4) is 0 Å². The summed E-state index contributed by atoms with van der Waals surface area (Å²) in [6.07, 6.45) is 7.24. The monoisotopic (exact) mass is 419 g/mol. The first-order valence-electron chi connectivity index (χ1n) is 11.3. The molecule has 3 rings (SSSR count). The minimum atomic E-state index is 0.0671. The van der Waals surface area contributed by atoms with Crippen LogP contribution >= 0.6 is 0 Å². The van der Waals surface area contributed by atoms with Crippen molar-refractivity contribution in [2.24, 2.45) is 5.92 Å². The van der Waals surface area contributed by atoms with Gasteiger partial charge in [-0.05, 0) is 59.4 Å². The van der Waals surface area contributed by atoms with Crippen LogP contribution < -0.4 is 5.56 Å². The Morgan fingerprint density at radius 3 is 2.00 bits per heavy atom. The van der Waals surface area contributed by atoms with Crippen LogP contribution in [-0.2, 0) is 9.59 Å². The lowest BCUT2D eigenvalue weighted by Crippen LogP contribution is -2.40. The van der Waals surface area contributed by atoms with Gasteiger partial charge in [0.15, 0.2) is 0 Å². The van der Waals surface area contributed by atoms with Gasteiger partial charge >= 0.3 is 0 Å². The van der Waals surface area contributed by atoms with Crippen LogP contribution in [0, 0.1) is 5.92 Å². The van der Waals surface area contributed by atoms with Gasteiger partial charge in [-0.3, -0.25) is 14.4 Å². The Kier molecular flexibility index (Phi) is 10.8. The van der Waals surface area contributed by atoms with Crippen LogP contribution in [0.25, 0.3) is 0 Å². The minimum absolute atomic E-state index is 0.0671. The lowest BCUT2D eigenvalue weighted by atomic mass is 10.1. The largest absolute Gasteiger partial charge is 0.343 e. The highest BCUT2D eigenvalue weighted by atomic mass is 16.2. The van der Waals surface area contributed by atoms with Gasteiger partial charge < -0.3 is 14.4 Å². The summed E-state index contributed by atoms with van der Waals surface area (Å²) in [7, 11) is 1.90. The van der Waals surface area contributed by atoms with E-state index in [1.165, 1.54) is 19.3 Å². The molecule has 6 heteroatoms. The molecule has 1 saturated heterocycles. The Hall–Kier alpha value is -2.11. The molecule has 0 atom stereocenters. The Morgan fingerprint density at radius 1 is 1.00 bits per heavy atom. The average molecular weight is 420 g/mol. The van der Waals surface area contributed by atoms with Crippen LogP contribution in [0.1, 0.15) is 79.7 Å². The number of carbonyl (C=O) groups is 2. The van der Waals surface area contributed by atoms with Gasteiger partial charge in [0.1, 0.15) is 0 Å². The van der Waals surface area contributed by atoms with Gasteiger partial charge in [-0.15, -0.1) is 0 Å². The molecule has 0 unspecified atom stereocenters. The molecule has 0 spiro atoms. The van der Waals surface area contributed by atoms with Crippen molar-refractivity contribution >= 4 is 11.8 Å². The van der Waals surface area contributed by atoms with E-state index < -0.39 is 0 Å². The highest BCUT2D eigenvalue weighted by Crippen LogP contribution is 2.26. The summed E-state index contributed by atoms with van der Waals surface area (Å²) in [6.45, 7) is 13.0. The summed E-state index contributed by atoms with van der Waals surface area (Å²) in [4.78, 5) is 37.3. The second-order valence-corrected chi connectivity index (χ2v) is 9.01. The summed E-state index contributed by atoms with van der Waals surface area (Å²) in [5.41, 5.74) is 0.0671. The van der Waals surface area contributed by atoms with Crippen molar-refractivity contribution < 1.29 is 9.59 Å². The molecule has 2 amide bonds. The third kappa shape index (κ3) is 8.72. The first-order chi connectivity index (χ1) is 14.1. The quantitative estimate of drug-likeness (QED) is 0.738. The van der Waals surface area contributed by atoms with Crippen LogP contribution in [0.15, 0.2) is 29.2 Å². The number of hydrogen-bond acceptors (Lipinski definition) is 3. The SMILES string of the molecule is CC(C)C(=O)N(C)C1CC1.CC(C)N1CCCCC1=O.CC(C)n1ccccc1=O. The van der Waals surface area contributed by atoms with Crippen molar-refractivity contribution in [2.45, 2.75) is 91.8 Å². The van der Waals surface area contributed by atoms with E-state index in [-0.39, 0.29) is 23.4 Å². The Labute approximate surface area is 182 Å². The Bertz CT molecular complexity index is 720. The topological polar surface area (TPSA) is 62.6 Å². The number of piperidine rings is 1. The smallest absolute Gasteiger partial charge is 0.250 e. The number of amides is 2. The zero-order chi connectivity index (χ0) is 22.8. The van der Waals surface area contributed by atoms with Gasteiger partial charge in [0.05, 0.1) is 0 Å². The first-order valence-corrected chi connectivity index (χ1v) is 11.3. The van der Waals surface area contributed by atoms with Gasteiger partial charge in [-0.1, -0.05) is 19.9 Å². The molecule has 0 aromatic carbocycles. The fraction of sp³-hybridized carbons (Fsp3) is 0.708. The summed E-state index contributed by atoms with van der Waals surface area (Å²) in [5, 5.41) is 0. The third-order valence-electron chi connectivity index (χ3n) is 5.33. The van der Waals surface area contributed by atoms with Crippen LogP contribution in [0.5, 0.6) is 0 Å². The van der Waals surface area contributed by atoms with Gasteiger partial charge in [0.25, 0.3) is 5.56 Å². The van der Waals surface area contributed by atoms with Gasteiger partial charge in [-0.25, -0.2) is 0 Å². The van der Waals surface area contributed by atoms with Gasteiger partial charge in [-0.2, -0.15) is 0 Å². The molecule has 1 aliphatic carbocycles. The van der Waals surface area contributed by atoms with Gasteiger partial charge in [0.2, 0.25) is 11.8 Å². The van der Waals surface area contributed by atoms with E-state index in [4.69, 9.17) is 0 Å². The maximum atomic E-state index is 11.3. The second kappa shape index (κ2) is 12.6. The molecule has 1 aliphatic heterocycles. The number of nitrogens with zero attached hydrogens (tertiary/aromatic N) is 3. The number of hydrogen-bond donors (Lipinski definition) is 0. The second-order valence-electron chi connectivity index (χ2n) is 9.01. The maximum absolute atomic E-state index is 11.3. The first kappa shape index (κ1) is 25.9. The zero-order valence-corrected chi connectivity index (χ0v) is 19.9. The fourth-order valence-electron chi connectivity index (χ4n) is 3.29. The minimum Gasteiger partial charge on any atom is -0.343 e. The molecule has 1 aromatic rings. The van der Waals surface area contributed by atoms with E-state index in [1.54, 1.807) is 22.9 Å². The van der Waals surface area contributed by atoms with E-state index in [1.807, 2.05) is 50.6 Å². The lowest BCUT2D eigenvalue weighted by Gasteiger charge is -2.30. The van der Waals surface area contributed by atoms with Crippen molar-refractivity contribution in [3.05, 3.63) is 34.7 Å². The predicted molar refractivity (Wildman–Crippen MR) is 122 cm³/mol. The standard InChI is InChI=1S/2C8H15NO.C8H11NO/c1-6(2)8(10)9(3)7-4-5-7;2*1-7(2)9-6-4-3-5-8(9)10/h6-7H,4-5H2,1-3H3;7H,3-6H2,1-2H3;3-7H,1-2H3. The molecule has 6 nitrogen and oxygen atoms in total. The van der Waals surface area contributed by atoms with Crippen LogP contribution in [-0.4, -0.2) is 51.9 Å². The van der Waals surface area contributed by atoms with Crippen molar-refractivity contribution in [3.8, 4) is 0 Å². The molecular formula is C24H41N3O3. The molecule has 1 aromatic heterocycles. The maximum Gasteiger partial charge on any atom is 0.250 e. The molecule has 0 radical (unpaired) electrons. The lowest BCUT2D eigenvalue weighted by molar-refractivity contribution is -0.135. The normalized spacial score (nSPS) is 16.1. The third-order valence-corrected chi connectivity index (χ3v) is 5.33. The highest BCUT2D eigenvalue weighted by Gasteiger charge is 2.30. The number of aromatic nitrogens is 1. The van der Waals surface area contributed by atoms with Crippen LogP contribution in [0.4, 0.5) is 0 Å². The predicted octanol–water partition coefficient (Wildman–Crippen LogP) is 4.10. The summed E-state index contributed by atoms with van der Waals surface area (Å²) < 4.78 is 1.69. The summed E-state index contributed by atoms with van der Waals surface area (Å²) in [6, 6.07) is 6.40. The molecule has 2 heterocycles. The Morgan fingerprint density at radius 2 is 1.63 bits per heavy atom. The average Bonchev–Trinajstić information content (AvgIpc) is 3.53. The molecule has 0 N–H and O–H groups in total. The molecule has 2 aliphatic rings. The molecular weight excluding hydrogens is 378 g/mol. The molecule has 1 saturated carbocycles. The highest BCUT2D eigenvalue weighted by molar-refractivity contribution is 5.78. The van der Waals surface area contributed by atoms with E-state index in [0.29, 0.717) is 18.0 Å². The van der Waals surface area contributed by atoms with Crippen molar-refractivity contribution in [3.63, 3.8) is 0 Å². The summed E-state index contributed by atoms with van der Waals surface area (Å²) in [5.74, 6) is 0.773. The fourth-order valence-corrected chi connectivity index (χ4v) is 3.29. The molecule has 2 fully saturated rings. The van der Waals surface area contributed by atoms with E-state index in [0.717, 1.165) is 19.4 Å².